The number of amides is 4. The Morgan fingerprint density at radius 1 is 1.12 bits per heavy atom. The van der Waals surface area contributed by atoms with E-state index in [-0.39, 0.29) is 49.4 Å². The number of carbonyl (C=O) groups excluding carboxylic acids is 4. The lowest BCUT2D eigenvalue weighted by atomic mass is 10.1. The summed E-state index contributed by atoms with van der Waals surface area (Å²) in [6, 6.07) is 6.59. The highest BCUT2D eigenvalue weighted by Gasteiger charge is 2.28. The zero-order valence-electron chi connectivity index (χ0n) is 13.2. The zero-order chi connectivity index (χ0) is 17.5. The van der Waals surface area contributed by atoms with Gasteiger partial charge in [-0.25, -0.2) is 0 Å². The maximum Gasteiger partial charge on any atom is 0.253 e. The molecule has 1 aromatic rings. The number of hydrogen-bond acceptors (Lipinski definition) is 5. The van der Waals surface area contributed by atoms with Gasteiger partial charge in [0.1, 0.15) is 0 Å². The lowest BCUT2D eigenvalue weighted by molar-refractivity contribution is -0.138. The van der Waals surface area contributed by atoms with Gasteiger partial charge in [-0.1, -0.05) is 12.1 Å². The number of anilines is 1. The van der Waals surface area contributed by atoms with Gasteiger partial charge in [0.15, 0.2) is 0 Å². The molecular weight excluding hydrogens is 312 g/mol. The van der Waals surface area contributed by atoms with Crippen molar-refractivity contribution in [1.82, 2.24) is 10.2 Å². The van der Waals surface area contributed by atoms with Crippen LogP contribution in [0, 0.1) is 0 Å². The smallest absolute Gasteiger partial charge is 0.253 e. The lowest BCUT2D eigenvalue weighted by Crippen LogP contribution is -2.33. The summed E-state index contributed by atoms with van der Waals surface area (Å²) in [6.07, 6.45) is 0.380. The molecule has 4 amide bonds. The maximum atomic E-state index is 12.1. The highest BCUT2D eigenvalue weighted by atomic mass is 16.2. The third kappa shape index (κ3) is 4.39. The Bertz CT molecular complexity index is 643. The molecule has 1 saturated heterocycles. The standard InChI is InChI=1S/C16H20N4O4/c17-8-9-18-16(24)11-3-1-2-4-12(11)19-13(21)7-10-20-14(22)5-6-15(20)23/h1-4H,5-10,17H2,(H,18,24)(H,19,21). The van der Waals surface area contributed by atoms with E-state index in [1.54, 1.807) is 24.3 Å². The van der Waals surface area contributed by atoms with Crippen LogP contribution < -0.4 is 16.4 Å². The Hall–Kier alpha value is -2.74. The highest BCUT2D eigenvalue weighted by molar-refractivity contribution is 6.04. The SMILES string of the molecule is NCCNC(=O)c1ccccc1NC(=O)CCN1C(=O)CCC1=O. The summed E-state index contributed by atoms with van der Waals surface area (Å²) in [5, 5.41) is 5.28. The Morgan fingerprint density at radius 2 is 1.79 bits per heavy atom. The van der Waals surface area contributed by atoms with Crippen LogP contribution in [-0.4, -0.2) is 48.2 Å². The first-order valence-electron chi connectivity index (χ1n) is 7.73. The first-order chi connectivity index (χ1) is 11.5. The van der Waals surface area contributed by atoms with Crippen LogP contribution in [0.1, 0.15) is 29.6 Å². The van der Waals surface area contributed by atoms with Crippen LogP contribution in [0.2, 0.25) is 0 Å². The number of nitrogens with two attached hydrogens (primary N) is 1. The molecule has 2 rings (SSSR count). The Balaban J connectivity index is 1.95. The van der Waals surface area contributed by atoms with Gasteiger partial charge in [-0.15, -0.1) is 0 Å². The van der Waals surface area contributed by atoms with Crippen LogP contribution in [0.15, 0.2) is 24.3 Å². The fraction of sp³-hybridized carbons (Fsp3) is 0.375. The first-order valence-corrected chi connectivity index (χ1v) is 7.73. The van der Waals surface area contributed by atoms with Gasteiger partial charge in [-0.2, -0.15) is 0 Å². The number of carbonyl (C=O) groups is 4. The second-order valence-electron chi connectivity index (χ2n) is 5.33. The molecule has 0 radical (unpaired) electrons. The predicted octanol–water partition coefficient (Wildman–Crippen LogP) is -0.147. The van der Waals surface area contributed by atoms with Gasteiger partial charge < -0.3 is 16.4 Å². The van der Waals surface area contributed by atoms with E-state index in [0.29, 0.717) is 24.3 Å². The normalized spacial score (nSPS) is 14.0. The molecule has 1 fully saturated rings. The molecule has 8 nitrogen and oxygen atoms in total. The minimum atomic E-state index is -0.374. The molecule has 0 bridgehead atoms. The molecule has 0 spiro atoms. The minimum absolute atomic E-state index is 0.0176. The number of nitrogens with one attached hydrogen (secondary N) is 2. The lowest BCUT2D eigenvalue weighted by Gasteiger charge is -2.14. The number of para-hydroxylation sites is 1. The largest absolute Gasteiger partial charge is 0.351 e. The van der Waals surface area contributed by atoms with Crippen molar-refractivity contribution in [3.05, 3.63) is 29.8 Å². The molecular formula is C16H20N4O4. The molecule has 128 valence electrons. The van der Waals surface area contributed by atoms with Crippen molar-refractivity contribution in [2.75, 3.05) is 25.0 Å². The van der Waals surface area contributed by atoms with E-state index in [1.807, 2.05) is 0 Å². The molecule has 1 aromatic carbocycles. The fourth-order valence-corrected chi connectivity index (χ4v) is 2.37. The van der Waals surface area contributed by atoms with Crippen LogP contribution in [0.4, 0.5) is 5.69 Å². The van der Waals surface area contributed by atoms with Gasteiger partial charge in [0.2, 0.25) is 17.7 Å². The van der Waals surface area contributed by atoms with Crippen molar-refractivity contribution >= 4 is 29.3 Å². The molecule has 0 unspecified atom stereocenters. The van der Waals surface area contributed by atoms with E-state index < -0.39 is 0 Å². The average molecular weight is 332 g/mol. The van der Waals surface area contributed by atoms with Gasteiger partial charge in [-0.3, -0.25) is 24.1 Å². The summed E-state index contributed by atoms with van der Waals surface area (Å²) < 4.78 is 0. The Kier molecular flexibility index (Phi) is 6.02. The third-order valence-corrected chi connectivity index (χ3v) is 3.59. The summed E-state index contributed by atoms with van der Waals surface area (Å²) in [6.45, 7) is 0.698. The van der Waals surface area contributed by atoms with E-state index in [1.165, 1.54) is 0 Å². The molecule has 1 heterocycles. The second kappa shape index (κ2) is 8.21. The van der Waals surface area contributed by atoms with Gasteiger partial charge in [-0.05, 0) is 12.1 Å². The van der Waals surface area contributed by atoms with E-state index >= 15 is 0 Å². The summed E-state index contributed by atoms with van der Waals surface area (Å²) in [5.41, 5.74) is 6.05. The highest BCUT2D eigenvalue weighted by Crippen LogP contribution is 2.16. The Morgan fingerprint density at radius 3 is 2.46 bits per heavy atom. The van der Waals surface area contributed by atoms with Crippen LogP contribution in [0.3, 0.4) is 0 Å². The summed E-state index contributed by atoms with van der Waals surface area (Å²) in [5.74, 6) is -1.22. The van der Waals surface area contributed by atoms with Crippen molar-refractivity contribution in [2.45, 2.75) is 19.3 Å². The van der Waals surface area contributed by atoms with E-state index in [9.17, 15) is 19.2 Å². The van der Waals surface area contributed by atoms with Crippen molar-refractivity contribution in [2.24, 2.45) is 5.73 Å². The van der Waals surface area contributed by atoms with E-state index in [0.717, 1.165) is 4.90 Å². The number of hydrogen-bond donors (Lipinski definition) is 3. The van der Waals surface area contributed by atoms with Crippen LogP contribution in [0.5, 0.6) is 0 Å². The molecule has 0 aliphatic carbocycles. The first kappa shape index (κ1) is 17.6. The molecule has 0 aromatic heterocycles. The Labute approximate surface area is 139 Å². The van der Waals surface area contributed by atoms with Gasteiger partial charge in [0.05, 0.1) is 11.3 Å². The summed E-state index contributed by atoms with van der Waals surface area (Å²) >= 11 is 0. The molecule has 4 N–H and O–H groups in total. The van der Waals surface area contributed by atoms with Gasteiger partial charge in [0, 0.05) is 38.9 Å². The number of imide groups is 1. The number of nitrogens with zero attached hydrogens (tertiary/aromatic N) is 1. The van der Waals surface area contributed by atoms with Crippen LogP contribution in [-0.2, 0) is 14.4 Å². The van der Waals surface area contributed by atoms with Crippen molar-refractivity contribution in [3.63, 3.8) is 0 Å². The van der Waals surface area contributed by atoms with Crippen molar-refractivity contribution < 1.29 is 19.2 Å². The van der Waals surface area contributed by atoms with Crippen molar-refractivity contribution in [1.29, 1.82) is 0 Å². The van der Waals surface area contributed by atoms with Gasteiger partial charge >= 0.3 is 0 Å². The molecule has 1 aliphatic heterocycles. The molecule has 24 heavy (non-hydrogen) atoms. The summed E-state index contributed by atoms with van der Waals surface area (Å²) in [7, 11) is 0. The second-order valence-corrected chi connectivity index (χ2v) is 5.33. The molecule has 0 atom stereocenters. The van der Waals surface area contributed by atoms with Crippen molar-refractivity contribution in [3.8, 4) is 0 Å². The van der Waals surface area contributed by atoms with E-state index in [2.05, 4.69) is 10.6 Å². The van der Waals surface area contributed by atoms with Gasteiger partial charge in [0.25, 0.3) is 5.91 Å². The quantitative estimate of drug-likeness (QED) is 0.600. The number of likely N-dealkylation sites (tertiary alicyclic amines) is 1. The van der Waals surface area contributed by atoms with E-state index in [4.69, 9.17) is 5.73 Å². The summed E-state index contributed by atoms with van der Waals surface area (Å²) in [4.78, 5) is 48.2. The topological polar surface area (TPSA) is 122 Å². The monoisotopic (exact) mass is 332 g/mol. The molecule has 1 aliphatic rings. The average Bonchev–Trinajstić information content (AvgIpc) is 2.89. The third-order valence-electron chi connectivity index (χ3n) is 3.59. The maximum absolute atomic E-state index is 12.1. The number of rotatable bonds is 7. The number of benzene rings is 1. The van der Waals surface area contributed by atoms with Crippen LogP contribution in [0.25, 0.3) is 0 Å². The predicted molar refractivity (Wildman–Crippen MR) is 87.0 cm³/mol. The fourth-order valence-electron chi connectivity index (χ4n) is 2.37. The minimum Gasteiger partial charge on any atom is -0.351 e. The zero-order valence-corrected chi connectivity index (χ0v) is 13.2. The van der Waals surface area contributed by atoms with Crippen LogP contribution >= 0.6 is 0 Å². The molecule has 0 saturated carbocycles. The molecule has 8 heteroatoms.